The number of aliphatic hydroxyl groups excluding tert-OH is 1. The lowest BCUT2D eigenvalue weighted by atomic mass is 10.2. The van der Waals surface area contributed by atoms with Crippen LogP contribution in [0.1, 0.15) is 17.5 Å². The van der Waals surface area contributed by atoms with Gasteiger partial charge in [-0.25, -0.2) is 0 Å². The quantitative estimate of drug-likeness (QED) is 0.438. The van der Waals surface area contributed by atoms with Crippen LogP contribution >= 0.6 is 23.1 Å². The van der Waals surface area contributed by atoms with Gasteiger partial charge in [0.1, 0.15) is 11.3 Å². The third-order valence-electron chi connectivity index (χ3n) is 4.41. The zero-order valence-corrected chi connectivity index (χ0v) is 18.6. The van der Waals surface area contributed by atoms with E-state index in [2.05, 4.69) is 71.9 Å². The summed E-state index contributed by atoms with van der Waals surface area (Å²) < 4.78 is 3.49. The molecule has 3 nitrogen and oxygen atoms in total. The molecule has 3 aromatic rings. The first-order valence-corrected chi connectivity index (χ1v) is 10.1. The van der Waals surface area contributed by atoms with Crippen molar-refractivity contribution in [3.8, 4) is 0 Å². The highest BCUT2D eigenvalue weighted by Gasteiger charge is 2.26. The summed E-state index contributed by atoms with van der Waals surface area (Å²) in [5.74, 6) is 0. The van der Waals surface area contributed by atoms with Crippen LogP contribution in [-0.4, -0.2) is 18.3 Å². The van der Waals surface area contributed by atoms with Crippen molar-refractivity contribution in [2.75, 3.05) is 18.1 Å². The van der Waals surface area contributed by atoms with Gasteiger partial charge in [-0.3, -0.25) is 0 Å². The van der Waals surface area contributed by atoms with Crippen molar-refractivity contribution >= 4 is 45.1 Å². The maximum atomic E-state index is 9.53. The van der Waals surface area contributed by atoms with Crippen molar-refractivity contribution in [2.45, 2.75) is 25.3 Å². The second-order valence-electron chi connectivity index (χ2n) is 6.08. The van der Waals surface area contributed by atoms with Crippen molar-refractivity contribution in [3.63, 3.8) is 0 Å². The van der Waals surface area contributed by atoms with Crippen LogP contribution in [0, 0.1) is 6.92 Å². The van der Waals surface area contributed by atoms with Crippen molar-refractivity contribution in [2.24, 2.45) is 0 Å². The average Bonchev–Trinajstić information content (AvgIpc) is 3.12. The summed E-state index contributed by atoms with van der Waals surface area (Å²) in [6, 6.07) is 15.1. The lowest BCUT2D eigenvalue weighted by Gasteiger charge is -2.17. The molecule has 0 saturated carbocycles. The number of rotatable bonds is 4. The Hall–Kier alpha value is -1.09. The Morgan fingerprint density at radius 3 is 2.77 bits per heavy atom. The molecule has 136 valence electrons. The minimum atomic E-state index is 0. The average molecular weight is 496 g/mol. The molecule has 0 aliphatic carbocycles. The SMILES string of the molecule is CCN1/C(=C\c2sc3cc(C)ccc3[n+]2CCO)Sc2ccccc21.[I-]. The molecule has 0 radical (unpaired) electrons. The molecule has 2 heterocycles. The van der Waals surface area contributed by atoms with Crippen molar-refractivity contribution in [1.29, 1.82) is 0 Å². The standard InChI is InChI=1S/C20H21N2OS2.HI/c1-3-21-15-6-4-5-7-17(15)24-19(21)13-20-22(10-11-23)16-9-8-14(2)12-18(16)25-20;/h4-9,12-13,23H,3,10-11H2,1-2H3;1H/q+1;/p-1. The molecule has 0 saturated heterocycles. The van der Waals surface area contributed by atoms with Gasteiger partial charge in [0.2, 0.25) is 5.52 Å². The van der Waals surface area contributed by atoms with Crippen LogP contribution in [0.25, 0.3) is 16.3 Å². The second kappa shape index (κ2) is 8.29. The molecule has 0 fully saturated rings. The number of aryl methyl sites for hydroxylation is 1. The number of thiazole rings is 1. The van der Waals surface area contributed by atoms with Gasteiger partial charge >= 0.3 is 0 Å². The van der Waals surface area contributed by atoms with Gasteiger partial charge < -0.3 is 34.0 Å². The van der Waals surface area contributed by atoms with E-state index in [1.807, 2.05) is 11.8 Å². The largest absolute Gasteiger partial charge is 1.00 e. The molecule has 2 aromatic carbocycles. The van der Waals surface area contributed by atoms with Gasteiger partial charge in [-0.1, -0.05) is 41.3 Å². The fourth-order valence-electron chi connectivity index (χ4n) is 3.24. The molecule has 0 unspecified atom stereocenters. The van der Waals surface area contributed by atoms with Crippen LogP contribution in [0.4, 0.5) is 5.69 Å². The number of benzene rings is 2. The molecule has 4 rings (SSSR count). The van der Waals surface area contributed by atoms with Crippen LogP contribution in [0.15, 0.2) is 52.4 Å². The highest BCUT2D eigenvalue weighted by atomic mass is 127. The predicted molar refractivity (Wildman–Crippen MR) is 107 cm³/mol. The Balaban J connectivity index is 0.00000196. The molecular weight excluding hydrogens is 475 g/mol. The molecule has 0 spiro atoms. The number of nitrogens with zero attached hydrogens (tertiary/aromatic N) is 2. The van der Waals surface area contributed by atoms with E-state index in [1.54, 1.807) is 11.3 Å². The van der Waals surface area contributed by atoms with Gasteiger partial charge in [0.05, 0.1) is 16.8 Å². The number of hydrogen-bond acceptors (Lipinski definition) is 4. The molecule has 1 N–H and O–H groups in total. The molecular formula is C20H21IN2OS2. The summed E-state index contributed by atoms with van der Waals surface area (Å²) in [5, 5.41) is 12.0. The first-order chi connectivity index (χ1) is 12.2. The summed E-state index contributed by atoms with van der Waals surface area (Å²) in [6.07, 6.45) is 2.27. The molecule has 26 heavy (non-hydrogen) atoms. The third kappa shape index (κ3) is 3.52. The number of aromatic nitrogens is 1. The minimum Gasteiger partial charge on any atom is -1.00 e. The maximum Gasteiger partial charge on any atom is 0.265 e. The van der Waals surface area contributed by atoms with E-state index in [0.29, 0.717) is 6.54 Å². The van der Waals surface area contributed by atoms with Crippen molar-refractivity contribution < 1.29 is 33.7 Å². The number of para-hydroxylation sites is 1. The summed E-state index contributed by atoms with van der Waals surface area (Å²) >= 11 is 3.61. The highest BCUT2D eigenvalue weighted by Crippen LogP contribution is 2.46. The number of hydrogen-bond donors (Lipinski definition) is 1. The predicted octanol–water partition coefficient (Wildman–Crippen LogP) is 1.42. The van der Waals surface area contributed by atoms with Crippen molar-refractivity contribution in [1.82, 2.24) is 0 Å². The minimum absolute atomic E-state index is 0. The van der Waals surface area contributed by atoms with Gasteiger partial charge in [-0.05, 0) is 37.6 Å². The second-order valence-corrected chi connectivity index (χ2v) is 8.21. The topological polar surface area (TPSA) is 27.4 Å². The van der Waals surface area contributed by atoms with Gasteiger partial charge in [-0.2, -0.15) is 4.57 Å². The summed E-state index contributed by atoms with van der Waals surface area (Å²) in [6.45, 7) is 6.01. The summed E-state index contributed by atoms with van der Waals surface area (Å²) in [4.78, 5) is 3.67. The molecule has 1 aliphatic heterocycles. The summed E-state index contributed by atoms with van der Waals surface area (Å²) in [5.41, 5.74) is 3.74. The number of fused-ring (bicyclic) bond motifs is 2. The lowest BCUT2D eigenvalue weighted by Crippen LogP contribution is -3.00. The highest BCUT2D eigenvalue weighted by molar-refractivity contribution is 8.03. The maximum absolute atomic E-state index is 9.53. The zero-order chi connectivity index (χ0) is 17.4. The van der Waals surface area contributed by atoms with Crippen LogP contribution in [0.2, 0.25) is 0 Å². The van der Waals surface area contributed by atoms with Crippen LogP contribution < -0.4 is 33.4 Å². The van der Waals surface area contributed by atoms with Crippen LogP contribution in [-0.2, 0) is 6.54 Å². The van der Waals surface area contributed by atoms with Gasteiger partial charge in [0.15, 0.2) is 6.54 Å². The monoisotopic (exact) mass is 496 g/mol. The van der Waals surface area contributed by atoms with E-state index in [9.17, 15) is 5.11 Å². The Labute approximate surface area is 179 Å². The fraction of sp³-hybridized carbons (Fsp3) is 0.250. The van der Waals surface area contributed by atoms with E-state index >= 15 is 0 Å². The Kier molecular flexibility index (Phi) is 6.27. The third-order valence-corrected chi connectivity index (χ3v) is 6.62. The number of anilines is 1. The first kappa shape index (κ1) is 19.7. The van der Waals surface area contributed by atoms with Gasteiger partial charge in [-0.15, -0.1) is 0 Å². The van der Waals surface area contributed by atoms with E-state index in [1.165, 1.54) is 36.4 Å². The first-order valence-electron chi connectivity index (χ1n) is 8.51. The van der Waals surface area contributed by atoms with Gasteiger partial charge in [0.25, 0.3) is 5.01 Å². The molecule has 1 aromatic heterocycles. The van der Waals surface area contributed by atoms with Gasteiger partial charge in [0, 0.05) is 17.5 Å². The molecule has 0 amide bonds. The normalized spacial score (nSPS) is 14.7. The van der Waals surface area contributed by atoms with E-state index in [4.69, 9.17) is 0 Å². The lowest BCUT2D eigenvalue weighted by molar-refractivity contribution is -0.670. The van der Waals surface area contributed by atoms with Crippen LogP contribution in [0.5, 0.6) is 0 Å². The van der Waals surface area contributed by atoms with E-state index in [-0.39, 0.29) is 30.6 Å². The molecule has 1 aliphatic rings. The van der Waals surface area contributed by atoms with E-state index in [0.717, 1.165) is 6.54 Å². The van der Waals surface area contributed by atoms with Crippen LogP contribution in [0.3, 0.4) is 0 Å². The molecule has 6 heteroatoms. The smallest absolute Gasteiger partial charge is 0.265 e. The van der Waals surface area contributed by atoms with E-state index < -0.39 is 0 Å². The molecule has 0 atom stereocenters. The fourth-order valence-corrected chi connectivity index (χ4v) is 5.70. The Morgan fingerprint density at radius 2 is 2.00 bits per heavy atom. The Morgan fingerprint density at radius 1 is 1.19 bits per heavy atom. The number of aliphatic hydroxyl groups is 1. The number of halogens is 1. The summed E-state index contributed by atoms with van der Waals surface area (Å²) in [7, 11) is 0. The Bertz CT molecular complexity index is 968. The van der Waals surface area contributed by atoms with Crippen molar-refractivity contribution in [3.05, 3.63) is 58.1 Å². The number of thioether (sulfide) groups is 1. The molecule has 0 bridgehead atoms. The zero-order valence-electron chi connectivity index (χ0n) is 14.8.